The van der Waals surface area contributed by atoms with Gasteiger partial charge in [-0.1, -0.05) is 146 Å². The number of thiophene rings is 1. The van der Waals surface area contributed by atoms with Crippen LogP contribution in [0.5, 0.6) is 0 Å². The molecule has 0 saturated heterocycles. The third-order valence-corrected chi connectivity index (χ3v) is 16.4. The minimum absolute atomic E-state index is 0.112. The number of nitrogens with one attached hydrogen (secondary N) is 1. The number of hydrogen-bond acceptors (Lipinski definition) is 3. The zero-order valence-electron chi connectivity index (χ0n) is 36.1. The van der Waals surface area contributed by atoms with Crippen molar-refractivity contribution in [2.75, 3.05) is 10.2 Å². The molecule has 2 aliphatic heterocycles. The number of hydrogen-bond donors (Lipinski definition) is 1. The van der Waals surface area contributed by atoms with Crippen molar-refractivity contribution in [1.29, 1.82) is 0 Å². The lowest BCUT2D eigenvalue weighted by Gasteiger charge is -2.46. The number of para-hydroxylation sites is 2. The molecule has 4 aliphatic rings. The fourth-order valence-corrected chi connectivity index (χ4v) is 13.0. The Balaban J connectivity index is 1.19. The number of nitrogens with zero attached hydrogens (tertiary/aromatic N) is 1. The van der Waals surface area contributed by atoms with Crippen LogP contribution in [0.25, 0.3) is 42.4 Å². The number of anilines is 5. The molecule has 0 bridgehead atoms. The third-order valence-electron chi connectivity index (χ3n) is 15.3. The van der Waals surface area contributed by atoms with Crippen LogP contribution in [-0.4, -0.2) is 7.28 Å². The van der Waals surface area contributed by atoms with Crippen LogP contribution >= 0.6 is 11.3 Å². The van der Waals surface area contributed by atoms with E-state index >= 15 is 0 Å². The van der Waals surface area contributed by atoms with Gasteiger partial charge in [-0.3, -0.25) is 0 Å². The Morgan fingerprint density at radius 2 is 1.22 bits per heavy atom. The summed E-state index contributed by atoms with van der Waals surface area (Å²) in [6, 6.07) is 49.2. The Kier molecular flexibility index (Phi) is 7.28. The van der Waals surface area contributed by atoms with Crippen LogP contribution in [0.2, 0.25) is 0 Å². The van der Waals surface area contributed by atoms with Gasteiger partial charge in [0.25, 0.3) is 0 Å². The summed E-state index contributed by atoms with van der Waals surface area (Å²) in [4.78, 5) is 2.64. The minimum atomic E-state index is -0.187. The summed E-state index contributed by atoms with van der Waals surface area (Å²) >= 11 is 1.90. The van der Waals surface area contributed by atoms with Gasteiger partial charge in [0, 0.05) is 59.3 Å². The van der Waals surface area contributed by atoms with E-state index in [0.29, 0.717) is 0 Å². The Morgan fingerprint density at radius 3 is 2.05 bits per heavy atom. The van der Waals surface area contributed by atoms with Crippen LogP contribution in [0.1, 0.15) is 102 Å². The Hall–Kier alpha value is -5.58. The molecule has 0 amide bonds. The summed E-state index contributed by atoms with van der Waals surface area (Å²) in [5.74, 6) is 0. The van der Waals surface area contributed by atoms with Crippen molar-refractivity contribution < 1.29 is 0 Å². The molecule has 8 aromatic rings. The molecule has 0 saturated carbocycles. The average molecular weight is 795 g/mol. The highest BCUT2D eigenvalue weighted by molar-refractivity contribution is 7.25. The maximum atomic E-state index is 4.15. The fourth-order valence-electron chi connectivity index (χ4n) is 11.9. The average Bonchev–Trinajstić information content (AvgIpc) is 3.71. The highest BCUT2D eigenvalue weighted by atomic mass is 32.1. The molecular weight excluding hydrogens is 744 g/mol. The summed E-state index contributed by atoms with van der Waals surface area (Å²) in [5.41, 5.74) is 23.0. The monoisotopic (exact) mass is 794 g/mol. The maximum Gasteiger partial charge on any atom is 0.198 e. The lowest BCUT2D eigenvalue weighted by Crippen LogP contribution is -2.45. The largest absolute Gasteiger partial charge is 0.355 e. The second kappa shape index (κ2) is 12.0. The first-order chi connectivity index (χ1) is 28.7. The Bertz CT molecular complexity index is 3180. The second-order valence-electron chi connectivity index (χ2n) is 20.5. The number of benzene rings is 7. The van der Waals surface area contributed by atoms with Crippen molar-refractivity contribution in [2.45, 2.75) is 89.9 Å². The molecule has 0 unspecified atom stereocenters. The van der Waals surface area contributed by atoms with Crippen molar-refractivity contribution in [3.8, 4) is 22.3 Å². The van der Waals surface area contributed by atoms with Crippen molar-refractivity contribution >= 4 is 78.2 Å². The summed E-state index contributed by atoms with van der Waals surface area (Å²) in [6.07, 6.45) is 2.39. The van der Waals surface area contributed by atoms with Crippen LogP contribution in [0, 0.1) is 0 Å². The molecule has 0 spiro atoms. The topological polar surface area (TPSA) is 15.3 Å². The molecule has 0 fully saturated rings. The highest BCUT2D eigenvalue weighted by Crippen LogP contribution is 2.58. The predicted molar refractivity (Wildman–Crippen MR) is 261 cm³/mol. The molecule has 4 heteroatoms. The van der Waals surface area contributed by atoms with Crippen molar-refractivity contribution in [3.05, 3.63) is 161 Å². The van der Waals surface area contributed by atoms with Gasteiger partial charge in [-0.05, 0) is 122 Å². The van der Waals surface area contributed by atoms with E-state index in [-0.39, 0.29) is 21.7 Å². The summed E-state index contributed by atoms with van der Waals surface area (Å²) < 4.78 is 2.64. The number of fused-ring (bicyclic) bond motifs is 11. The molecule has 2 aliphatic carbocycles. The van der Waals surface area contributed by atoms with E-state index in [1.807, 2.05) is 11.3 Å². The lowest BCUT2D eigenvalue weighted by atomic mass is 9.55. The molecule has 12 rings (SSSR count). The van der Waals surface area contributed by atoms with Crippen LogP contribution in [0.15, 0.2) is 127 Å². The molecule has 3 heterocycles. The second-order valence-corrected chi connectivity index (χ2v) is 21.5. The first-order valence-electron chi connectivity index (χ1n) is 21.9. The predicted octanol–water partition coefficient (Wildman–Crippen LogP) is 13.9. The molecule has 7 aromatic carbocycles. The highest BCUT2D eigenvalue weighted by Gasteiger charge is 2.45. The minimum Gasteiger partial charge on any atom is -0.355 e. The van der Waals surface area contributed by atoms with Crippen molar-refractivity contribution in [1.82, 2.24) is 0 Å². The first-order valence-corrected chi connectivity index (χ1v) is 22.8. The quantitative estimate of drug-likeness (QED) is 0.179. The number of rotatable bonds is 3. The van der Waals surface area contributed by atoms with Gasteiger partial charge in [-0.2, -0.15) is 0 Å². The lowest BCUT2D eigenvalue weighted by molar-refractivity contribution is 0.332. The van der Waals surface area contributed by atoms with Gasteiger partial charge < -0.3 is 10.2 Å². The van der Waals surface area contributed by atoms with Gasteiger partial charge in [-0.25, -0.2) is 0 Å². The van der Waals surface area contributed by atoms with E-state index in [0.717, 1.165) is 13.0 Å². The molecule has 1 N–H and O–H groups in total. The van der Waals surface area contributed by atoms with Gasteiger partial charge in [0.1, 0.15) is 0 Å². The van der Waals surface area contributed by atoms with Crippen LogP contribution in [0.4, 0.5) is 28.4 Å². The van der Waals surface area contributed by atoms with Crippen molar-refractivity contribution in [2.24, 2.45) is 0 Å². The van der Waals surface area contributed by atoms with Gasteiger partial charge >= 0.3 is 0 Å². The van der Waals surface area contributed by atoms with Gasteiger partial charge in [0.2, 0.25) is 0 Å². The third kappa shape index (κ3) is 4.83. The SMILES string of the molecule is CC1(C)CCC(C)(C)c2cc(Nc3cc4sc5ccccc5c4cc3-c3c4c(cc5c3-c3ccccc3C5(C)C)N3c5ccccc5C(C)(C)c5cccc(c53)B4)ccc21. The molecule has 0 atom stereocenters. The van der Waals surface area contributed by atoms with E-state index < -0.39 is 0 Å². The van der Waals surface area contributed by atoms with Crippen LogP contribution in [-0.2, 0) is 21.7 Å². The molecule has 1 aromatic heterocycles. The van der Waals surface area contributed by atoms with Crippen LogP contribution in [0.3, 0.4) is 0 Å². The van der Waals surface area contributed by atoms with Crippen LogP contribution < -0.4 is 21.1 Å². The van der Waals surface area contributed by atoms with Gasteiger partial charge in [0.15, 0.2) is 7.28 Å². The first kappa shape index (κ1) is 36.3. The van der Waals surface area contributed by atoms with Gasteiger partial charge in [0.05, 0.1) is 5.69 Å². The zero-order chi connectivity index (χ0) is 41.1. The van der Waals surface area contributed by atoms with Gasteiger partial charge in [-0.15, -0.1) is 11.3 Å². The van der Waals surface area contributed by atoms with E-state index in [2.05, 4.69) is 193 Å². The normalized spacial score (nSPS) is 17.8. The molecule has 60 heavy (non-hydrogen) atoms. The summed E-state index contributed by atoms with van der Waals surface area (Å²) in [7, 11) is 0.864. The fraction of sp³-hybridized carbons (Fsp3) is 0.250. The smallest absolute Gasteiger partial charge is 0.198 e. The summed E-state index contributed by atoms with van der Waals surface area (Å²) in [6.45, 7) is 19.4. The molecule has 294 valence electrons. The summed E-state index contributed by atoms with van der Waals surface area (Å²) in [5, 5.41) is 6.80. The van der Waals surface area contributed by atoms with E-state index in [4.69, 9.17) is 0 Å². The van der Waals surface area contributed by atoms with E-state index in [1.54, 1.807) is 0 Å². The molecule has 2 nitrogen and oxygen atoms in total. The van der Waals surface area contributed by atoms with Crippen molar-refractivity contribution in [3.63, 3.8) is 0 Å². The van der Waals surface area contributed by atoms with E-state index in [9.17, 15) is 0 Å². The maximum absolute atomic E-state index is 4.15. The standard InChI is InChI=1S/C56H51BN2S/c1-53(2)26-27-54(3,4)41-28-32(24-25-38(41)53)58-44-31-48-35(33-16-10-14-23-47(33)60-48)29-36(44)50-49-34-17-9-11-18-37(34)55(5,6)42(49)30-46-51(50)57-43-21-15-20-40-52(43)59(46)45-22-13-12-19-39(45)56(40,7)8/h9-25,28-31,57-58H,26-27H2,1-8H3. The zero-order valence-corrected chi connectivity index (χ0v) is 36.9. The van der Waals surface area contributed by atoms with E-state index in [1.165, 1.54) is 122 Å². The Morgan fingerprint density at radius 1 is 0.517 bits per heavy atom. The molecular formula is C56H51BN2S. The Labute approximate surface area is 359 Å². The molecule has 0 radical (unpaired) electrons.